The van der Waals surface area contributed by atoms with Crippen molar-refractivity contribution in [2.24, 2.45) is 0 Å². The maximum absolute atomic E-state index is 12.3. The van der Waals surface area contributed by atoms with Crippen LogP contribution >= 0.6 is 11.6 Å². The molecule has 0 aromatic carbocycles. The Bertz CT molecular complexity index is 529. The van der Waals surface area contributed by atoms with Gasteiger partial charge in [0.2, 0.25) is 11.8 Å². The molecule has 114 valence electrons. The zero-order chi connectivity index (χ0) is 15.4. The summed E-state index contributed by atoms with van der Waals surface area (Å²) in [5.41, 5.74) is 0.512. The number of nitrogens with zero attached hydrogens (tertiary/aromatic N) is 3. The Morgan fingerprint density at radius 3 is 2.57 bits per heavy atom. The van der Waals surface area contributed by atoms with Gasteiger partial charge in [0, 0.05) is 39.3 Å². The van der Waals surface area contributed by atoms with Crippen LogP contribution in [0.25, 0.3) is 0 Å². The van der Waals surface area contributed by atoms with E-state index in [0.717, 1.165) is 0 Å². The first-order valence-corrected chi connectivity index (χ1v) is 7.28. The quantitative estimate of drug-likeness (QED) is 0.853. The highest BCUT2D eigenvalue weighted by molar-refractivity contribution is 6.32. The van der Waals surface area contributed by atoms with Crippen LogP contribution in [0.3, 0.4) is 0 Å². The van der Waals surface area contributed by atoms with E-state index >= 15 is 0 Å². The molecular formula is C14H19ClN4O2. The molecule has 2 amide bonds. The number of anilines is 1. The number of hydrogen-bond acceptors (Lipinski definition) is 4. The number of nitrogens with one attached hydrogen (secondary N) is 1. The van der Waals surface area contributed by atoms with Crippen LogP contribution in [0.15, 0.2) is 18.3 Å². The third-order valence-electron chi connectivity index (χ3n) is 3.70. The Balaban J connectivity index is 1.92. The fourth-order valence-electron chi connectivity index (χ4n) is 2.31. The van der Waals surface area contributed by atoms with Gasteiger partial charge in [-0.3, -0.25) is 14.5 Å². The highest BCUT2D eigenvalue weighted by atomic mass is 35.5. The van der Waals surface area contributed by atoms with E-state index in [-0.39, 0.29) is 23.0 Å². The van der Waals surface area contributed by atoms with Gasteiger partial charge in [0.25, 0.3) is 0 Å². The highest BCUT2D eigenvalue weighted by Gasteiger charge is 2.26. The SMILES string of the molecule is CC(=O)N1CCN([C@@H](C)C(=O)Nc2cccnc2Cl)CC1. The molecule has 0 radical (unpaired) electrons. The smallest absolute Gasteiger partial charge is 0.241 e. The first-order valence-electron chi connectivity index (χ1n) is 6.90. The van der Waals surface area contributed by atoms with Gasteiger partial charge in [-0.15, -0.1) is 0 Å². The zero-order valence-electron chi connectivity index (χ0n) is 12.2. The fourth-order valence-corrected chi connectivity index (χ4v) is 2.47. The van der Waals surface area contributed by atoms with E-state index in [9.17, 15) is 9.59 Å². The van der Waals surface area contributed by atoms with Crippen LogP contribution in [0, 0.1) is 0 Å². The van der Waals surface area contributed by atoms with Crippen molar-refractivity contribution >= 4 is 29.1 Å². The molecule has 7 heteroatoms. The summed E-state index contributed by atoms with van der Waals surface area (Å²) >= 11 is 5.93. The van der Waals surface area contributed by atoms with Gasteiger partial charge in [0.1, 0.15) is 0 Å². The molecule has 2 heterocycles. The van der Waals surface area contributed by atoms with Gasteiger partial charge in [-0.2, -0.15) is 0 Å². The predicted octanol–water partition coefficient (Wildman–Crippen LogP) is 1.23. The van der Waals surface area contributed by atoms with E-state index in [1.165, 1.54) is 0 Å². The van der Waals surface area contributed by atoms with Crippen molar-refractivity contribution in [1.82, 2.24) is 14.8 Å². The average molecular weight is 311 g/mol. The standard InChI is InChI=1S/C14H19ClN4O2/c1-10(18-6-8-19(9-7-18)11(2)20)14(21)17-12-4-3-5-16-13(12)15/h3-5,10H,6-9H2,1-2H3,(H,17,21)/t10-/m0/s1. The van der Waals surface area contributed by atoms with Gasteiger partial charge in [-0.1, -0.05) is 11.6 Å². The maximum Gasteiger partial charge on any atom is 0.241 e. The molecule has 1 atom stereocenters. The lowest BCUT2D eigenvalue weighted by atomic mass is 10.2. The topological polar surface area (TPSA) is 65.5 Å². The molecule has 0 saturated carbocycles. The highest BCUT2D eigenvalue weighted by Crippen LogP contribution is 2.18. The lowest BCUT2D eigenvalue weighted by Gasteiger charge is -2.37. The van der Waals surface area contributed by atoms with E-state index in [1.54, 1.807) is 30.2 Å². The molecule has 1 fully saturated rings. The summed E-state index contributed by atoms with van der Waals surface area (Å²) in [5.74, 6) is -0.0462. The van der Waals surface area contributed by atoms with Gasteiger partial charge in [-0.25, -0.2) is 4.98 Å². The summed E-state index contributed by atoms with van der Waals surface area (Å²) < 4.78 is 0. The Morgan fingerprint density at radius 1 is 1.33 bits per heavy atom. The minimum absolute atomic E-state index is 0.0777. The fraction of sp³-hybridized carbons (Fsp3) is 0.500. The molecule has 0 bridgehead atoms. The monoisotopic (exact) mass is 310 g/mol. The maximum atomic E-state index is 12.3. The van der Waals surface area contributed by atoms with Crippen LogP contribution in [0.1, 0.15) is 13.8 Å². The third-order valence-corrected chi connectivity index (χ3v) is 4.00. The van der Waals surface area contributed by atoms with Crippen LogP contribution in [0.2, 0.25) is 5.15 Å². The lowest BCUT2D eigenvalue weighted by molar-refractivity contribution is -0.131. The average Bonchev–Trinajstić information content (AvgIpc) is 2.49. The first kappa shape index (κ1) is 15.7. The lowest BCUT2D eigenvalue weighted by Crippen LogP contribution is -2.53. The Morgan fingerprint density at radius 2 is 2.00 bits per heavy atom. The number of carbonyl (C=O) groups is 2. The summed E-state index contributed by atoms with van der Waals surface area (Å²) in [6, 6.07) is 3.15. The molecule has 6 nitrogen and oxygen atoms in total. The van der Waals surface area contributed by atoms with Crippen LogP contribution in [0.5, 0.6) is 0 Å². The second-order valence-corrected chi connectivity index (χ2v) is 5.41. The summed E-state index contributed by atoms with van der Waals surface area (Å²) in [7, 11) is 0. The van der Waals surface area contributed by atoms with Crippen molar-refractivity contribution in [2.45, 2.75) is 19.9 Å². The number of rotatable bonds is 3. The van der Waals surface area contributed by atoms with Gasteiger partial charge >= 0.3 is 0 Å². The molecule has 1 N–H and O–H groups in total. The van der Waals surface area contributed by atoms with Crippen molar-refractivity contribution in [3.63, 3.8) is 0 Å². The van der Waals surface area contributed by atoms with Crippen molar-refractivity contribution in [1.29, 1.82) is 0 Å². The van der Waals surface area contributed by atoms with E-state index < -0.39 is 0 Å². The third kappa shape index (κ3) is 3.92. The van der Waals surface area contributed by atoms with Crippen molar-refractivity contribution in [3.8, 4) is 0 Å². The van der Waals surface area contributed by atoms with Crippen LogP contribution in [0.4, 0.5) is 5.69 Å². The zero-order valence-corrected chi connectivity index (χ0v) is 12.9. The molecule has 1 aromatic rings. The van der Waals surface area contributed by atoms with Crippen LogP contribution in [-0.2, 0) is 9.59 Å². The molecular weight excluding hydrogens is 292 g/mol. The molecule has 1 aliphatic heterocycles. The van der Waals surface area contributed by atoms with E-state index in [0.29, 0.717) is 31.9 Å². The summed E-state index contributed by atoms with van der Waals surface area (Å²) in [5, 5.41) is 3.06. The predicted molar refractivity (Wildman–Crippen MR) is 81.2 cm³/mol. The normalized spacial score (nSPS) is 17.4. The second kappa shape index (κ2) is 6.87. The summed E-state index contributed by atoms with van der Waals surface area (Å²) in [6.07, 6.45) is 1.57. The Labute approximate surface area is 129 Å². The number of hydrogen-bond donors (Lipinski definition) is 1. The molecule has 1 aromatic heterocycles. The van der Waals surface area contributed by atoms with Crippen molar-refractivity contribution in [3.05, 3.63) is 23.5 Å². The number of piperazine rings is 1. The molecule has 0 aliphatic carbocycles. The van der Waals surface area contributed by atoms with Crippen LogP contribution in [-0.4, -0.2) is 58.8 Å². The van der Waals surface area contributed by atoms with Gasteiger partial charge < -0.3 is 10.2 Å². The Kier molecular flexibility index (Phi) is 5.14. The van der Waals surface area contributed by atoms with Crippen molar-refractivity contribution in [2.75, 3.05) is 31.5 Å². The molecule has 1 aliphatic rings. The Hall–Kier alpha value is -1.66. The molecule has 2 rings (SSSR count). The number of halogens is 1. The van der Waals surface area contributed by atoms with Crippen LogP contribution < -0.4 is 5.32 Å². The van der Waals surface area contributed by atoms with E-state index in [2.05, 4.69) is 15.2 Å². The molecule has 1 saturated heterocycles. The largest absolute Gasteiger partial charge is 0.340 e. The summed E-state index contributed by atoms with van der Waals surface area (Å²) in [4.78, 5) is 31.3. The summed E-state index contributed by atoms with van der Waals surface area (Å²) in [6.45, 7) is 6.10. The number of carbonyl (C=O) groups excluding carboxylic acids is 2. The first-order chi connectivity index (χ1) is 9.99. The van der Waals surface area contributed by atoms with E-state index in [4.69, 9.17) is 11.6 Å². The number of pyridine rings is 1. The van der Waals surface area contributed by atoms with Gasteiger partial charge in [-0.05, 0) is 19.1 Å². The minimum Gasteiger partial charge on any atom is -0.340 e. The number of amides is 2. The van der Waals surface area contributed by atoms with Crippen molar-refractivity contribution < 1.29 is 9.59 Å². The van der Waals surface area contributed by atoms with E-state index in [1.807, 2.05) is 6.92 Å². The molecule has 21 heavy (non-hydrogen) atoms. The molecule has 0 unspecified atom stereocenters. The van der Waals surface area contributed by atoms with Gasteiger partial charge in [0.05, 0.1) is 11.7 Å². The number of aromatic nitrogens is 1. The minimum atomic E-state index is -0.282. The second-order valence-electron chi connectivity index (χ2n) is 5.05. The van der Waals surface area contributed by atoms with Gasteiger partial charge in [0.15, 0.2) is 5.15 Å². The molecule has 0 spiro atoms.